The third-order valence-corrected chi connectivity index (χ3v) is 3.14. The first-order chi connectivity index (χ1) is 8.84. The number of hydrogen-bond donors (Lipinski definition) is 2. The second-order valence-electron chi connectivity index (χ2n) is 4.09. The second kappa shape index (κ2) is 4.70. The van der Waals surface area contributed by atoms with Crippen molar-refractivity contribution in [3.05, 3.63) is 77.1 Å². The van der Waals surface area contributed by atoms with Crippen LogP contribution in [0, 0.1) is 0 Å². The van der Waals surface area contributed by atoms with Crippen LogP contribution in [-0.2, 0) is 0 Å². The van der Waals surface area contributed by atoms with Gasteiger partial charge in [-0.25, -0.2) is 0 Å². The van der Waals surface area contributed by atoms with Gasteiger partial charge in [0, 0.05) is 30.0 Å². The molecule has 3 rings (SSSR count). The van der Waals surface area contributed by atoms with Gasteiger partial charge in [0.2, 0.25) is 0 Å². The van der Waals surface area contributed by atoms with E-state index >= 15 is 0 Å². The highest BCUT2D eigenvalue weighted by molar-refractivity contribution is 6.30. The average Bonchev–Trinajstić information content (AvgIpc) is 3.06. The minimum Gasteiger partial charge on any atom is -0.364 e. The quantitative estimate of drug-likeness (QED) is 0.740. The molecule has 0 spiro atoms. The van der Waals surface area contributed by atoms with E-state index in [-0.39, 0.29) is 5.92 Å². The van der Waals surface area contributed by atoms with E-state index < -0.39 is 0 Å². The van der Waals surface area contributed by atoms with Crippen LogP contribution in [-0.4, -0.2) is 15.0 Å². The average molecular weight is 258 g/mol. The fraction of sp³-hybridized carbons (Fsp3) is 0.0714. The van der Waals surface area contributed by atoms with E-state index in [1.54, 1.807) is 6.20 Å². The van der Waals surface area contributed by atoms with Crippen molar-refractivity contribution in [3.63, 3.8) is 0 Å². The second-order valence-corrected chi connectivity index (χ2v) is 4.52. The van der Waals surface area contributed by atoms with Crippen LogP contribution in [0.4, 0.5) is 0 Å². The molecule has 3 heterocycles. The van der Waals surface area contributed by atoms with Crippen molar-refractivity contribution in [1.29, 1.82) is 0 Å². The summed E-state index contributed by atoms with van der Waals surface area (Å²) in [6.45, 7) is 0. The Bertz CT molecular complexity index is 563. The van der Waals surface area contributed by atoms with E-state index in [1.165, 1.54) is 0 Å². The fourth-order valence-electron chi connectivity index (χ4n) is 2.09. The van der Waals surface area contributed by atoms with Crippen molar-refractivity contribution in [3.8, 4) is 0 Å². The third-order valence-electron chi connectivity index (χ3n) is 2.91. The Morgan fingerprint density at radius 3 is 2.06 bits per heavy atom. The predicted molar refractivity (Wildman–Crippen MR) is 71.8 cm³/mol. The molecule has 3 aromatic rings. The van der Waals surface area contributed by atoms with Crippen molar-refractivity contribution in [2.45, 2.75) is 5.92 Å². The Kier molecular flexibility index (Phi) is 2.90. The lowest BCUT2D eigenvalue weighted by molar-refractivity contribution is 0.858. The van der Waals surface area contributed by atoms with E-state index in [9.17, 15) is 0 Å². The van der Waals surface area contributed by atoms with E-state index in [1.807, 2.05) is 36.7 Å². The standard InChI is InChI=1S/C14H12ClN3/c15-10-5-6-13(18-9-10)14(11-3-1-7-16-11)12-4-2-8-17-12/h1-9,14,16-17H. The summed E-state index contributed by atoms with van der Waals surface area (Å²) in [4.78, 5) is 10.9. The van der Waals surface area contributed by atoms with Gasteiger partial charge < -0.3 is 9.97 Å². The van der Waals surface area contributed by atoms with Crippen molar-refractivity contribution in [2.75, 3.05) is 0 Å². The van der Waals surface area contributed by atoms with Crippen molar-refractivity contribution < 1.29 is 0 Å². The highest BCUT2D eigenvalue weighted by Crippen LogP contribution is 2.28. The van der Waals surface area contributed by atoms with Crippen molar-refractivity contribution >= 4 is 11.6 Å². The molecule has 0 amide bonds. The number of rotatable bonds is 3. The molecule has 0 aliphatic heterocycles. The number of nitrogens with one attached hydrogen (secondary N) is 2. The van der Waals surface area contributed by atoms with Gasteiger partial charge in [-0.2, -0.15) is 0 Å². The van der Waals surface area contributed by atoms with Crippen LogP contribution in [0.3, 0.4) is 0 Å². The smallest absolute Gasteiger partial charge is 0.0813 e. The molecule has 3 nitrogen and oxygen atoms in total. The molecule has 0 fully saturated rings. The van der Waals surface area contributed by atoms with Gasteiger partial charge in [-0.15, -0.1) is 0 Å². The zero-order valence-corrected chi connectivity index (χ0v) is 10.4. The maximum Gasteiger partial charge on any atom is 0.0813 e. The molecule has 18 heavy (non-hydrogen) atoms. The van der Waals surface area contributed by atoms with Gasteiger partial charge >= 0.3 is 0 Å². The Balaban J connectivity index is 2.08. The molecule has 4 heteroatoms. The summed E-state index contributed by atoms with van der Waals surface area (Å²) in [5.74, 6) is 0.0762. The van der Waals surface area contributed by atoms with E-state index in [2.05, 4.69) is 27.1 Å². The SMILES string of the molecule is Clc1ccc(C(c2ccc[nH]2)c2ccc[nH]2)nc1. The molecule has 0 saturated heterocycles. The lowest BCUT2D eigenvalue weighted by Gasteiger charge is -2.14. The summed E-state index contributed by atoms with van der Waals surface area (Å²) >= 11 is 5.89. The largest absolute Gasteiger partial charge is 0.364 e. The van der Waals surface area contributed by atoms with Gasteiger partial charge in [-0.1, -0.05) is 11.6 Å². The Morgan fingerprint density at radius 1 is 0.944 bits per heavy atom. The summed E-state index contributed by atoms with van der Waals surface area (Å²) in [5, 5.41) is 0.649. The molecule has 0 aromatic carbocycles. The van der Waals surface area contributed by atoms with Gasteiger partial charge in [-0.3, -0.25) is 4.98 Å². The molecule has 0 unspecified atom stereocenters. The normalized spacial score (nSPS) is 11.0. The van der Waals surface area contributed by atoms with Gasteiger partial charge in [-0.05, 0) is 36.4 Å². The molecule has 0 aliphatic rings. The number of halogens is 1. The maximum atomic E-state index is 5.89. The van der Waals surface area contributed by atoms with Crippen LogP contribution in [0.5, 0.6) is 0 Å². The zero-order valence-electron chi connectivity index (χ0n) is 9.60. The molecule has 0 atom stereocenters. The summed E-state index contributed by atoms with van der Waals surface area (Å²) in [5.41, 5.74) is 3.17. The number of pyridine rings is 1. The van der Waals surface area contributed by atoms with Crippen LogP contribution in [0.25, 0.3) is 0 Å². The number of nitrogens with zero attached hydrogens (tertiary/aromatic N) is 1. The van der Waals surface area contributed by atoms with Crippen LogP contribution in [0.2, 0.25) is 5.02 Å². The Morgan fingerprint density at radius 2 is 1.61 bits per heavy atom. The first-order valence-electron chi connectivity index (χ1n) is 5.72. The molecule has 2 N–H and O–H groups in total. The van der Waals surface area contributed by atoms with Crippen LogP contribution in [0.1, 0.15) is 23.0 Å². The molecule has 3 aromatic heterocycles. The molecular formula is C14H12ClN3. The number of H-pyrrole nitrogens is 2. The molecule has 0 radical (unpaired) electrons. The van der Waals surface area contributed by atoms with Gasteiger partial charge in [0.15, 0.2) is 0 Å². The minimum absolute atomic E-state index is 0.0762. The third kappa shape index (κ3) is 2.05. The summed E-state index contributed by atoms with van der Waals surface area (Å²) in [6.07, 6.45) is 5.51. The predicted octanol–water partition coefficient (Wildman–Crippen LogP) is 3.57. The van der Waals surface area contributed by atoms with Crippen LogP contribution < -0.4 is 0 Å². The first kappa shape index (κ1) is 11.1. The molecule has 0 aliphatic carbocycles. The van der Waals surface area contributed by atoms with E-state index in [0.717, 1.165) is 17.1 Å². The lowest BCUT2D eigenvalue weighted by Crippen LogP contribution is -2.06. The molecule has 0 bridgehead atoms. The van der Waals surface area contributed by atoms with Crippen molar-refractivity contribution in [2.24, 2.45) is 0 Å². The summed E-state index contributed by atoms with van der Waals surface area (Å²) in [7, 11) is 0. The van der Waals surface area contributed by atoms with Crippen LogP contribution >= 0.6 is 11.6 Å². The maximum absolute atomic E-state index is 5.89. The molecule has 0 saturated carbocycles. The highest BCUT2D eigenvalue weighted by Gasteiger charge is 2.19. The number of aromatic amines is 2. The molecular weight excluding hydrogens is 246 g/mol. The minimum atomic E-state index is 0.0762. The monoisotopic (exact) mass is 257 g/mol. The van der Waals surface area contributed by atoms with E-state index in [4.69, 9.17) is 11.6 Å². The first-order valence-corrected chi connectivity index (χ1v) is 6.10. The summed E-state index contributed by atoms with van der Waals surface area (Å²) in [6, 6.07) is 11.9. The lowest BCUT2D eigenvalue weighted by atomic mass is 9.97. The Labute approximate surface area is 110 Å². The number of hydrogen-bond acceptors (Lipinski definition) is 1. The van der Waals surface area contributed by atoms with E-state index in [0.29, 0.717) is 5.02 Å². The number of aromatic nitrogens is 3. The topological polar surface area (TPSA) is 44.5 Å². The Hall–Kier alpha value is -2.00. The highest BCUT2D eigenvalue weighted by atomic mass is 35.5. The molecule has 90 valence electrons. The van der Waals surface area contributed by atoms with Gasteiger partial charge in [0.05, 0.1) is 16.6 Å². The summed E-state index contributed by atoms with van der Waals surface area (Å²) < 4.78 is 0. The van der Waals surface area contributed by atoms with Crippen LogP contribution in [0.15, 0.2) is 55.0 Å². The van der Waals surface area contributed by atoms with Gasteiger partial charge in [0.1, 0.15) is 0 Å². The zero-order chi connectivity index (χ0) is 12.4. The fourth-order valence-corrected chi connectivity index (χ4v) is 2.20. The van der Waals surface area contributed by atoms with Crippen molar-refractivity contribution in [1.82, 2.24) is 15.0 Å². The van der Waals surface area contributed by atoms with Gasteiger partial charge in [0.25, 0.3) is 0 Å².